The van der Waals surface area contributed by atoms with Crippen molar-refractivity contribution in [2.45, 2.75) is 50.4 Å². The van der Waals surface area contributed by atoms with E-state index in [2.05, 4.69) is 11.9 Å². The standard InChI is InChI=1S/C14H21F3N2O/c1-2-5-19(9-14(15,16)17)13(20)8-10-6-11-3-4-12(7-10)18-11/h2,10-12,18H,1,3-9H2. The summed E-state index contributed by atoms with van der Waals surface area (Å²) in [5.41, 5.74) is 0. The summed E-state index contributed by atoms with van der Waals surface area (Å²) < 4.78 is 37.4. The molecule has 0 spiro atoms. The average Bonchev–Trinajstić information content (AvgIpc) is 2.66. The smallest absolute Gasteiger partial charge is 0.330 e. The highest BCUT2D eigenvalue weighted by Crippen LogP contribution is 2.33. The topological polar surface area (TPSA) is 32.3 Å². The SMILES string of the molecule is C=CCN(CC(F)(F)F)C(=O)CC1CC2CCC(C1)N2. The number of fused-ring (bicyclic) bond motifs is 2. The van der Waals surface area contributed by atoms with Crippen molar-refractivity contribution in [3.8, 4) is 0 Å². The molecule has 3 nitrogen and oxygen atoms in total. The molecular weight excluding hydrogens is 269 g/mol. The fraction of sp³-hybridized carbons (Fsp3) is 0.786. The molecule has 0 aromatic carbocycles. The lowest BCUT2D eigenvalue weighted by atomic mass is 9.89. The highest BCUT2D eigenvalue weighted by atomic mass is 19.4. The molecule has 2 atom stereocenters. The predicted molar refractivity (Wildman–Crippen MR) is 70.1 cm³/mol. The number of piperidine rings is 1. The molecular formula is C14H21F3N2O. The highest BCUT2D eigenvalue weighted by Gasteiger charge is 2.36. The molecule has 2 bridgehead atoms. The summed E-state index contributed by atoms with van der Waals surface area (Å²) in [6, 6.07) is 0.893. The molecule has 2 aliphatic rings. The first-order chi connectivity index (χ1) is 9.37. The van der Waals surface area contributed by atoms with Gasteiger partial charge in [0.2, 0.25) is 5.91 Å². The van der Waals surface area contributed by atoms with Gasteiger partial charge >= 0.3 is 6.18 Å². The molecule has 6 heteroatoms. The molecule has 2 fully saturated rings. The Balaban J connectivity index is 1.89. The van der Waals surface area contributed by atoms with Crippen LogP contribution >= 0.6 is 0 Å². The van der Waals surface area contributed by atoms with Crippen molar-refractivity contribution in [1.29, 1.82) is 0 Å². The first-order valence-corrected chi connectivity index (χ1v) is 7.09. The van der Waals surface area contributed by atoms with Crippen LogP contribution in [0.5, 0.6) is 0 Å². The van der Waals surface area contributed by atoms with Gasteiger partial charge in [0.15, 0.2) is 0 Å². The predicted octanol–water partition coefficient (Wildman–Crippen LogP) is 2.48. The maximum Gasteiger partial charge on any atom is 0.406 e. The quantitative estimate of drug-likeness (QED) is 0.789. The van der Waals surface area contributed by atoms with Crippen molar-refractivity contribution in [2.24, 2.45) is 5.92 Å². The van der Waals surface area contributed by atoms with E-state index in [-0.39, 0.29) is 18.9 Å². The number of carbonyl (C=O) groups excluding carboxylic acids is 1. The second-order valence-corrected chi connectivity index (χ2v) is 5.86. The summed E-state index contributed by atoms with van der Waals surface area (Å²) >= 11 is 0. The van der Waals surface area contributed by atoms with E-state index >= 15 is 0 Å². The summed E-state index contributed by atoms with van der Waals surface area (Å²) in [5.74, 6) is -0.199. The van der Waals surface area contributed by atoms with Crippen LogP contribution in [0.15, 0.2) is 12.7 Å². The van der Waals surface area contributed by atoms with Crippen LogP contribution in [-0.4, -0.2) is 42.2 Å². The van der Waals surface area contributed by atoms with E-state index in [4.69, 9.17) is 0 Å². The minimum absolute atomic E-state index is 0.0455. The van der Waals surface area contributed by atoms with Crippen molar-refractivity contribution < 1.29 is 18.0 Å². The molecule has 2 aliphatic heterocycles. The summed E-state index contributed by atoms with van der Waals surface area (Å²) in [6.07, 6.45) is 1.25. The fourth-order valence-corrected chi connectivity index (χ4v) is 3.34. The van der Waals surface area contributed by atoms with Gasteiger partial charge in [0.05, 0.1) is 0 Å². The van der Waals surface area contributed by atoms with Crippen LogP contribution in [-0.2, 0) is 4.79 Å². The van der Waals surface area contributed by atoms with Crippen molar-refractivity contribution in [3.05, 3.63) is 12.7 Å². The number of amides is 1. The van der Waals surface area contributed by atoms with Gasteiger partial charge in [0, 0.05) is 25.0 Å². The summed E-state index contributed by atoms with van der Waals surface area (Å²) in [4.78, 5) is 12.9. The normalized spacial score (nSPS) is 29.2. The number of rotatable bonds is 5. The van der Waals surface area contributed by atoms with Crippen LogP contribution in [0.1, 0.15) is 32.1 Å². The molecule has 1 N–H and O–H groups in total. The van der Waals surface area contributed by atoms with Gasteiger partial charge in [-0.05, 0) is 31.6 Å². The van der Waals surface area contributed by atoms with E-state index in [1.165, 1.54) is 6.08 Å². The molecule has 2 saturated heterocycles. The molecule has 1 amide bonds. The van der Waals surface area contributed by atoms with Crippen LogP contribution < -0.4 is 5.32 Å². The summed E-state index contributed by atoms with van der Waals surface area (Å²) in [6.45, 7) is 2.19. The number of alkyl halides is 3. The van der Waals surface area contributed by atoms with Crippen molar-refractivity contribution in [2.75, 3.05) is 13.1 Å². The molecule has 0 radical (unpaired) electrons. The molecule has 0 aromatic heterocycles. The van der Waals surface area contributed by atoms with Crippen LogP contribution in [0.4, 0.5) is 13.2 Å². The minimum Gasteiger partial charge on any atom is -0.330 e. The van der Waals surface area contributed by atoms with E-state index < -0.39 is 18.6 Å². The zero-order valence-corrected chi connectivity index (χ0v) is 11.5. The monoisotopic (exact) mass is 290 g/mol. The van der Waals surface area contributed by atoms with Gasteiger partial charge in [-0.3, -0.25) is 4.79 Å². The van der Waals surface area contributed by atoms with Gasteiger partial charge < -0.3 is 10.2 Å². The first kappa shape index (κ1) is 15.4. The molecule has 0 saturated carbocycles. The van der Waals surface area contributed by atoms with Crippen LogP contribution in [0.25, 0.3) is 0 Å². The van der Waals surface area contributed by atoms with E-state index in [1.807, 2.05) is 0 Å². The molecule has 20 heavy (non-hydrogen) atoms. The highest BCUT2D eigenvalue weighted by molar-refractivity contribution is 5.76. The Morgan fingerprint density at radius 2 is 1.90 bits per heavy atom. The summed E-state index contributed by atoms with van der Waals surface area (Å²) in [5, 5.41) is 3.47. The first-order valence-electron chi connectivity index (χ1n) is 7.09. The second-order valence-electron chi connectivity index (χ2n) is 5.86. The van der Waals surface area contributed by atoms with Gasteiger partial charge in [-0.15, -0.1) is 6.58 Å². The molecule has 2 unspecified atom stereocenters. The maximum atomic E-state index is 12.5. The lowest BCUT2D eigenvalue weighted by molar-refractivity contribution is -0.160. The number of hydrogen-bond acceptors (Lipinski definition) is 2. The van der Waals surface area contributed by atoms with Crippen LogP contribution in [0, 0.1) is 5.92 Å². The van der Waals surface area contributed by atoms with Gasteiger partial charge in [-0.2, -0.15) is 13.2 Å². The number of halogens is 3. The summed E-state index contributed by atoms with van der Waals surface area (Å²) in [7, 11) is 0. The van der Waals surface area contributed by atoms with Crippen LogP contribution in [0.2, 0.25) is 0 Å². The van der Waals surface area contributed by atoms with Crippen molar-refractivity contribution in [3.63, 3.8) is 0 Å². The number of nitrogens with zero attached hydrogens (tertiary/aromatic N) is 1. The Hall–Kier alpha value is -1.04. The molecule has 0 aliphatic carbocycles. The zero-order chi connectivity index (χ0) is 14.8. The fourth-order valence-electron chi connectivity index (χ4n) is 3.34. The molecule has 2 heterocycles. The van der Waals surface area contributed by atoms with E-state index in [1.54, 1.807) is 0 Å². The van der Waals surface area contributed by atoms with Crippen molar-refractivity contribution >= 4 is 5.91 Å². The lowest BCUT2D eigenvalue weighted by Crippen LogP contribution is -2.42. The molecule has 0 aromatic rings. The molecule has 2 rings (SSSR count). The van der Waals surface area contributed by atoms with Crippen LogP contribution in [0.3, 0.4) is 0 Å². The third kappa shape index (κ3) is 4.23. The van der Waals surface area contributed by atoms with Gasteiger partial charge in [-0.1, -0.05) is 6.08 Å². The lowest BCUT2D eigenvalue weighted by Gasteiger charge is -2.30. The third-order valence-corrected chi connectivity index (χ3v) is 4.11. The van der Waals surface area contributed by atoms with Gasteiger partial charge in [-0.25, -0.2) is 0 Å². The van der Waals surface area contributed by atoms with E-state index in [0.717, 1.165) is 30.6 Å². The largest absolute Gasteiger partial charge is 0.406 e. The van der Waals surface area contributed by atoms with Gasteiger partial charge in [0.1, 0.15) is 6.54 Å². The third-order valence-electron chi connectivity index (χ3n) is 4.11. The molecule has 114 valence electrons. The number of carbonyl (C=O) groups is 1. The Morgan fingerprint density at radius 3 is 2.40 bits per heavy atom. The Kier molecular flexibility index (Phi) is 4.73. The minimum atomic E-state index is -4.36. The average molecular weight is 290 g/mol. The number of nitrogens with one attached hydrogen (secondary N) is 1. The second kappa shape index (κ2) is 6.16. The number of hydrogen-bond donors (Lipinski definition) is 1. The maximum absolute atomic E-state index is 12.5. The van der Waals surface area contributed by atoms with Crippen molar-refractivity contribution in [1.82, 2.24) is 10.2 Å². The Morgan fingerprint density at radius 1 is 1.30 bits per heavy atom. The van der Waals surface area contributed by atoms with E-state index in [0.29, 0.717) is 12.1 Å². The Labute approximate surface area is 117 Å². The van der Waals surface area contributed by atoms with Gasteiger partial charge in [0.25, 0.3) is 0 Å². The Bertz CT molecular complexity index is 358. The zero-order valence-electron chi connectivity index (χ0n) is 11.5. The van der Waals surface area contributed by atoms with E-state index in [9.17, 15) is 18.0 Å².